The minimum absolute atomic E-state index is 0.0202. The maximum atomic E-state index is 12.9. The van der Waals surface area contributed by atoms with Gasteiger partial charge in [-0.2, -0.15) is 0 Å². The molecule has 0 aliphatic carbocycles. The molecule has 0 unspecified atom stereocenters. The molecule has 1 aromatic heterocycles. The average Bonchev–Trinajstić information content (AvgIpc) is 3.43. The summed E-state index contributed by atoms with van der Waals surface area (Å²) in [6.07, 6.45) is 0. The molecule has 5 rings (SSSR count). The number of rotatable bonds is 7. The van der Waals surface area contributed by atoms with Crippen molar-refractivity contribution in [3.05, 3.63) is 101 Å². The highest BCUT2D eigenvalue weighted by Gasteiger charge is 2.28. The molecule has 4 aromatic rings. The minimum atomic E-state index is 0.0202. The van der Waals surface area contributed by atoms with Gasteiger partial charge in [0.15, 0.2) is 5.13 Å². The molecule has 6 nitrogen and oxygen atoms in total. The van der Waals surface area contributed by atoms with Crippen molar-refractivity contribution in [2.75, 3.05) is 38.0 Å². The number of hydrogen-bond donors (Lipinski definition) is 1. The van der Waals surface area contributed by atoms with Crippen LogP contribution >= 0.6 is 23.3 Å². The molecule has 0 saturated carbocycles. The predicted octanol–water partition coefficient (Wildman–Crippen LogP) is 6.41. The largest absolute Gasteiger partial charge is 0.497 e. The number of piperazine rings is 1. The SMILES string of the molecule is COc1ccc(-c2csc(NSC(=O)N3CCN(C(c4ccccc4)c4ccccc4)CC3)n2)cc1. The van der Waals surface area contributed by atoms with Gasteiger partial charge in [0.1, 0.15) is 5.75 Å². The Morgan fingerprint density at radius 3 is 2.11 bits per heavy atom. The Bertz CT molecular complexity index is 1220. The average molecular weight is 517 g/mol. The van der Waals surface area contributed by atoms with E-state index in [0.29, 0.717) is 18.2 Å². The van der Waals surface area contributed by atoms with E-state index in [4.69, 9.17) is 4.74 Å². The van der Waals surface area contributed by atoms with Gasteiger partial charge in [0, 0.05) is 49.1 Å². The van der Waals surface area contributed by atoms with E-state index < -0.39 is 0 Å². The quantitative estimate of drug-likeness (QED) is 0.287. The first-order valence-corrected chi connectivity index (χ1v) is 13.6. The highest BCUT2D eigenvalue weighted by atomic mass is 32.2. The van der Waals surface area contributed by atoms with E-state index in [1.165, 1.54) is 22.5 Å². The first-order chi connectivity index (χ1) is 17.7. The summed E-state index contributed by atoms with van der Waals surface area (Å²) in [4.78, 5) is 21.9. The molecule has 1 fully saturated rings. The Morgan fingerprint density at radius 2 is 1.53 bits per heavy atom. The zero-order valence-electron chi connectivity index (χ0n) is 20.0. The fourth-order valence-corrected chi connectivity index (χ4v) is 5.83. The van der Waals surface area contributed by atoms with Gasteiger partial charge in [-0.3, -0.25) is 14.4 Å². The smallest absolute Gasteiger partial charge is 0.302 e. The number of benzene rings is 3. The number of aromatic nitrogens is 1. The van der Waals surface area contributed by atoms with Crippen LogP contribution in [0.3, 0.4) is 0 Å². The second kappa shape index (κ2) is 11.6. The molecule has 184 valence electrons. The number of nitrogens with zero attached hydrogens (tertiary/aromatic N) is 3. The van der Waals surface area contributed by atoms with Gasteiger partial charge in [0.05, 0.1) is 18.8 Å². The van der Waals surface area contributed by atoms with Gasteiger partial charge in [-0.1, -0.05) is 60.7 Å². The van der Waals surface area contributed by atoms with Crippen LogP contribution in [0.25, 0.3) is 11.3 Å². The molecule has 0 atom stereocenters. The zero-order valence-corrected chi connectivity index (χ0v) is 21.7. The monoisotopic (exact) mass is 516 g/mol. The fourth-order valence-electron chi connectivity index (χ4n) is 4.41. The molecular weight excluding hydrogens is 488 g/mol. The number of carbonyl (C=O) groups excluding carboxylic acids is 1. The van der Waals surface area contributed by atoms with Gasteiger partial charge in [0.25, 0.3) is 0 Å². The molecule has 3 aromatic carbocycles. The summed E-state index contributed by atoms with van der Waals surface area (Å²) < 4.78 is 8.35. The number of nitrogens with one attached hydrogen (secondary N) is 1. The lowest BCUT2D eigenvalue weighted by Gasteiger charge is -2.39. The van der Waals surface area contributed by atoms with E-state index in [1.54, 1.807) is 7.11 Å². The van der Waals surface area contributed by atoms with Crippen LogP contribution in [0.15, 0.2) is 90.3 Å². The normalized spacial score (nSPS) is 14.1. The number of anilines is 1. The molecule has 36 heavy (non-hydrogen) atoms. The lowest BCUT2D eigenvalue weighted by molar-refractivity contribution is 0.131. The predicted molar refractivity (Wildman–Crippen MR) is 149 cm³/mol. The number of thiazole rings is 1. The second-order valence-corrected chi connectivity index (χ2v) is 10.1. The maximum Gasteiger partial charge on any atom is 0.302 e. The maximum absolute atomic E-state index is 12.9. The van der Waals surface area contributed by atoms with Crippen molar-refractivity contribution in [2.24, 2.45) is 0 Å². The third-order valence-electron chi connectivity index (χ3n) is 6.28. The Morgan fingerprint density at radius 1 is 0.917 bits per heavy atom. The van der Waals surface area contributed by atoms with Crippen molar-refractivity contribution in [2.45, 2.75) is 6.04 Å². The van der Waals surface area contributed by atoms with E-state index >= 15 is 0 Å². The van der Waals surface area contributed by atoms with E-state index in [-0.39, 0.29) is 11.3 Å². The number of ether oxygens (including phenoxy) is 1. The summed E-state index contributed by atoms with van der Waals surface area (Å²) in [6, 6.07) is 29.2. The van der Waals surface area contributed by atoms with E-state index in [9.17, 15) is 4.79 Å². The summed E-state index contributed by atoms with van der Waals surface area (Å²) >= 11 is 2.59. The van der Waals surface area contributed by atoms with Gasteiger partial charge in [0.2, 0.25) is 0 Å². The van der Waals surface area contributed by atoms with E-state index in [0.717, 1.165) is 42.0 Å². The van der Waals surface area contributed by atoms with Crippen LogP contribution in [-0.4, -0.2) is 53.3 Å². The molecule has 0 bridgehead atoms. The van der Waals surface area contributed by atoms with E-state index in [2.05, 4.69) is 75.3 Å². The molecular formula is C28H28N4O2S2. The highest BCUT2D eigenvalue weighted by Crippen LogP contribution is 2.31. The fraction of sp³-hybridized carbons (Fsp3) is 0.214. The van der Waals surface area contributed by atoms with Crippen LogP contribution in [0.2, 0.25) is 0 Å². The molecule has 0 spiro atoms. The topological polar surface area (TPSA) is 57.7 Å². The molecule has 8 heteroatoms. The van der Waals surface area contributed by atoms with Crippen molar-refractivity contribution < 1.29 is 9.53 Å². The molecule has 1 saturated heterocycles. The Hall–Kier alpha value is -3.33. The number of methoxy groups -OCH3 is 1. The standard InChI is InChI=1S/C28H28N4O2S2/c1-34-24-14-12-21(13-15-24)25-20-35-27(29-25)30-36-28(33)32-18-16-31(17-19-32)26(22-8-4-2-5-9-22)23-10-6-3-7-11-23/h2-15,20,26H,16-19H2,1H3,(H,29,30). The number of carbonyl (C=O) groups is 1. The zero-order chi connectivity index (χ0) is 24.7. The number of amides is 1. The first-order valence-electron chi connectivity index (χ1n) is 11.9. The van der Waals surface area contributed by atoms with Crippen LogP contribution in [0, 0.1) is 0 Å². The molecule has 1 amide bonds. The van der Waals surface area contributed by atoms with Gasteiger partial charge in [-0.15, -0.1) is 11.3 Å². The Balaban J connectivity index is 1.17. The Labute approximate surface area is 220 Å². The first kappa shape index (κ1) is 24.4. The van der Waals surface area contributed by atoms with Crippen molar-refractivity contribution in [1.82, 2.24) is 14.8 Å². The van der Waals surface area contributed by atoms with Crippen molar-refractivity contribution in [1.29, 1.82) is 0 Å². The molecule has 1 N–H and O–H groups in total. The summed E-state index contributed by atoms with van der Waals surface area (Å²) in [6.45, 7) is 3.02. The van der Waals surface area contributed by atoms with Gasteiger partial charge < -0.3 is 9.64 Å². The van der Waals surface area contributed by atoms with Crippen molar-refractivity contribution in [3.63, 3.8) is 0 Å². The highest BCUT2D eigenvalue weighted by molar-refractivity contribution is 8.14. The lowest BCUT2D eigenvalue weighted by Crippen LogP contribution is -2.49. The van der Waals surface area contributed by atoms with Crippen LogP contribution in [0.1, 0.15) is 17.2 Å². The summed E-state index contributed by atoms with van der Waals surface area (Å²) in [5, 5.41) is 2.72. The Kier molecular flexibility index (Phi) is 7.85. The molecule has 1 aliphatic heterocycles. The molecule has 2 heterocycles. The summed E-state index contributed by atoms with van der Waals surface area (Å²) in [5.41, 5.74) is 4.44. The second-order valence-electron chi connectivity index (χ2n) is 8.48. The van der Waals surface area contributed by atoms with Gasteiger partial charge in [-0.05, 0) is 35.4 Å². The van der Waals surface area contributed by atoms with Crippen LogP contribution < -0.4 is 9.46 Å². The van der Waals surface area contributed by atoms with Crippen molar-refractivity contribution >= 4 is 33.7 Å². The van der Waals surface area contributed by atoms with Gasteiger partial charge in [-0.25, -0.2) is 4.98 Å². The number of hydrogen-bond acceptors (Lipinski definition) is 7. The molecule has 1 aliphatic rings. The minimum Gasteiger partial charge on any atom is -0.497 e. The van der Waals surface area contributed by atoms with E-state index in [1.807, 2.05) is 34.5 Å². The molecule has 0 radical (unpaired) electrons. The van der Waals surface area contributed by atoms with Crippen LogP contribution in [0.4, 0.5) is 9.93 Å². The summed E-state index contributed by atoms with van der Waals surface area (Å²) in [5.74, 6) is 0.812. The third kappa shape index (κ3) is 5.73. The van der Waals surface area contributed by atoms with Gasteiger partial charge >= 0.3 is 5.24 Å². The van der Waals surface area contributed by atoms with Crippen LogP contribution in [0.5, 0.6) is 5.75 Å². The summed E-state index contributed by atoms with van der Waals surface area (Å²) in [7, 11) is 1.65. The lowest BCUT2D eigenvalue weighted by atomic mass is 9.96. The van der Waals surface area contributed by atoms with Crippen LogP contribution in [-0.2, 0) is 0 Å². The van der Waals surface area contributed by atoms with Crippen molar-refractivity contribution in [3.8, 4) is 17.0 Å². The third-order valence-corrected chi connectivity index (χ3v) is 7.90.